The number of aliphatic hydroxyl groups is 1. The maximum absolute atomic E-state index is 11.9. The number of rotatable bonds is 6. The van der Waals surface area contributed by atoms with Crippen molar-refractivity contribution in [2.45, 2.75) is 46.0 Å². The molecule has 0 bridgehead atoms. The minimum Gasteiger partial charge on any atom is -0.412 e. The molecule has 30 heavy (non-hydrogen) atoms. The molecule has 6 N–H and O–H groups in total. The Morgan fingerprint density at radius 1 is 1.10 bits per heavy atom. The number of nitrogens with two attached hydrogens (primary N) is 1. The van der Waals surface area contributed by atoms with Crippen LogP contribution in [0, 0.1) is 31.1 Å². The average Bonchev–Trinajstić information content (AvgIpc) is 3.16. The molecule has 2 heterocycles. The molecule has 1 amide bonds. The molecule has 164 valence electrons. The zero-order chi connectivity index (χ0) is 20.9. The van der Waals surface area contributed by atoms with Crippen LogP contribution in [0.3, 0.4) is 0 Å². The molecule has 0 fully saturated rings. The smallest absolute Gasteiger partial charge is 0.273 e. The van der Waals surface area contributed by atoms with Gasteiger partial charge in [-0.3, -0.25) is 14.7 Å². The van der Waals surface area contributed by atoms with Crippen LogP contribution in [0.5, 0.6) is 0 Å². The van der Waals surface area contributed by atoms with Gasteiger partial charge in [-0.25, -0.2) is 9.50 Å². The van der Waals surface area contributed by atoms with E-state index in [0.717, 1.165) is 12.7 Å². The second-order valence-corrected chi connectivity index (χ2v) is 6.12. The van der Waals surface area contributed by atoms with Crippen molar-refractivity contribution >= 4 is 11.6 Å². The molecule has 1 aromatic carbocycles. The van der Waals surface area contributed by atoms with Crippen molar-refractivity contribution in [3.63, 3.8) is 0 Å². The van der Waals surface area contributed by atoms with Gasteiger partial charge >= 0.3 is 0 Å². The molecule has 3 aromatic rings. The van der Waals surface area contributed by atoms with Gasteiger partial charge in [0.05, 0.1) is 5.69 Å². The Bertz CT molecular complexity index is 906. The van der Waals surface area contributed by atoms with Crippen molar-refractivity contribution < 1.29 is 46.5 Å². The largest absolute Gasteiger partial charge is 0.412 e. The number of nitrogens with one attached hydrogen (secondary N) is 1. The fraction of sp³-hybridized carbons (Fsp3) is 0.381. The maximum atomic E-state index is 11.9. The van der Waals surface area contributed by atoms with Crippen molar-refractivity contribution in [3.8, 4) is 11.3 Å². The van der Waals surface area contributed by atoms with Crippen LogP contribution in [-0.4, -0.2) is 38.2 Å². The first-order chi connectivity index (χ1) is 13.6. The molecule has 3 rings (SSSR count). The van der Waals surface area contributed by atoms with E-state index in [4.69, 9.17) is 10.8 Å². The van der Waals surface area contributed by atoms with Gasteiger partial charge in [0.25, 0.3) is 11.5 Å². The topological polar surface area (TPSA) is 145 Å². The van der Waals surface area contributed by atoms with Gasteiger partial charge in [0.15, 0.2) is 5.65 Å². The van der Waals surface area contributed by atoms with Gasteiger partial charge in [-0.05, 0) is 0 Å². The van der Waals surface area contributed by atoms with E-state index in [1.165, 1.54) is 48.9 Å². The average molecular weight is 643 g/mol. The van der Waals surface area contributed by atoms with Crippen LogP contribution >= 0.6 is 0 Å². The third kappa shape index (κ3) is 8.84. The van der Waals surface area contributed by atoms with Gasteiger partial charge in [-0.1, -0.05) is 76.3 Å². The van der Waals surface area contributed by atoms with Crippen LogP contribution in [0.1, 0.15) is 56.3 Å². The van der Waals surface area contributed by atoms with Crippen molar-refractivity contribution in [1.82, 2.24) is 14.6 Å². The first-order valence-electron chi connectivity index (χ1n) is 9.49. The van der Waals surface area contributed by atoms with Gasteiger partial charge in [0.1, 0.15) is 5.56 Å². The predicted octanol–water partition coefficient (Wildman–Crippen LogP) is 2.55. The number of aromatic nitrogens is 3. The molecule has 0 atom stereocenters. The summed E-state index contributed by atoms with van der Waals surface area (Å²) in [6, 6.07) is 10.7. The minimum absolute atomic E-state index is 0. The number of nitrogens with zero attached hydrogens (tertiary/aromatic N) is 2. The normalized spacial score (nSPS) is 9.20. The number of hydrogen-bond acceptors (Lipinski definition) is 4. The van der Waals surface area contributed by atoms with Crippen molar-refractivity contribution in [2.75, 3.05) is 7.11 Å². The summed E-state index contributed by atoms with van der Waals surface area (Å²) >= 11 is 0. The molecule has 9 heteroatoms. The molecule has 2 aromatic heterocycles. The fourth-order valence-corrected chi connectivity index (χ4v) is 2.60. The van der Waals surface area contributed by atoms with E-state index < -0.39 is 5.91 Å². The first kappa shape index (κ1) is 30.3. The molecule has 0 spiro atoms. The van der Waals surface area contributed by atoms with Gasteiger partial charge in [0.2, 0.25) is 0 Å². The fourth-order valence-electron chi connectivity index (χ4n) is 2.60. The van der Waals surface area contributed by atoms with Crippen molar-refractivity contribution in [1.29, 1.82) is 0 Å². The molecular weight excluding hydrogens is 610 g/mol. The van der Waals surface area contributed by atoms with Crippen LogP contribution in [-0.2, 0) is 0 Å². The molecule has 8 nitrogen and oxygen atoms in total. The number of aliphatic hydroxyl groups excluding tert-OH is 1. The summed E-state index contributed by atoms with van der Waals surface area (Å²) in [6.45, 7) is 4.49. The third-order valence-electron chi connectivity index (χ3n) is 4.04. The van der Waals surface area contributed by atoms with Gasteiger partial charge < -0.3 is 16.3 Å². The Kier molecular flexibility index (Phi) is 17.0. The van der Waals surface area contributed by atoms with E-state index in [9.17, 15) is 9.59 Å². The first-order valence-corrected chi connectivity index (χ1v) is 9.49. The Labute approximate surface area is 200 Å². The number of unbranched alkanes of at least 4 members (excludes halogenated alkanes) is 4. The Morgan fingerprint density at radius 3 is 2.17 bits per heavy atom. The molecule has 0 radical (unpaired) electrons. The van der Waals surface area contributed by atoms with E-state index in [-0.39, 0.29) is 53.4 Å². The molecule has 0 aliphatic rings. The van der Waals surface area contributed by atoms with E-state index in [1.54, 1.807) is 0 Å². The Morgan fingerprint density at radius 2 is 1.67 bits per heavy atom. The molecule has 0 unspecified atom stereocenters. The van der Waals surface area contributed by atoms with Crippen molar-refractivity contribution in [2.24, 2.45) is 5.73 Å². The number of hydrogen-bond donors (Lipinski definition) is 3. The maximum Gasteiger partial charge on any atom is 0.273 e. The Balaban J connectivity index is 0. The van der Waals surface area contributed by atoms with Gasteiger partial charge in [-0.2, -0.15) is 0 Å². The number of benzene rings is 1. The number of carbonyl (C=O) groups is 1. The SMILES string of the molecule is CCCCCCC.CO.NC(=O)c1c[nH]n2c(=O)cc(-c3ccccc3)nc12.O.[U]. The van der Waals surface area contributed by atoms with Crippen molar-refractivity contribution in [3.05, 3.63) is 58.5 Å². The molecule has 0 aliphatic heterocycles. The summed E-state index contributed by atoms with van der Waals surface area (Å²) in [5, 5.41) is 9.66. The molecule has 0 aliphatic carbocycles. The zero-order valence-electron chi connectivity index (χ0n) is 17.8. The zero-order valence-corrected chi connectivity index (χ0v) is 22.0. The van der Waals surface area contributed by atoms with Crippen LogP contribution < -0.4 is 11.3 Å². The summed E-state index contributed by atoms with van der Waals surface area (Å²) in [4.78, 5) is 27.5. The van der Waals surface area contributed by atoms with E-state index in [0.29, 0.717) is 5.69 Å². The van der Waals surface area contributed by atoms with Gasteiger partial charge in [-0.15, -0.1) is 0 Å². The summed E-state index contributed by atoms with van der Waals surface area (Å²) in [5.41, 5.74) is 6.69. The number of aromatic amines is 1. The summed E-state index contributed by atoms with van der Waals surface area (Å²) in [7, 11) is 1.00. The standard InChI is InChI=1S/C13H10N4O2.C7H16.CH4O.H2O.U/c14-12(19)9-7-15-17-11(18)6-10(16-13(9)17)8-4-2-1-3-5-8;1-3-5-7-6-4-2;1-2;;/h1-7,15H,(H2,14,19);3-7H2,1-2H3;2H,1H3;1H2;. The second kappa shape index (κ2) is 16.8. The van der Waals surface area contributed by atoms with E-state index in [2.05, 4.69) is 23.9 Å². The molecule has 0 saturated heterocycles. The number of H-pyrrole nitrogens is 1. The molecule has 0 saturated carbocycles. The van der Waals surface area contributed by atoms with Crippen LogP contribution in [0.2, 0.25) is 0 Å². The second-order valence-electron chi connectivity index (χ2n) is 6.12. The molecular formula is C21H32N4O4U. The van der Waals surface area contributed by atoms with Gasteiger partial charge in [0, 0.05) is 56.0 Å². The number of amides is 1. The number of fused-ring (bicyclic) bond motifs is 1. The van der Waals surface area contributed by atoms with Crippen LogP contribution in [0.4, 0.5) is 0 Å². The summed E-state index contributed by atoms with van der Waals surface area (Å²) < 4.78 is 1.19. The summed E-state index contributed by atoms with van der Waals surface area (Å²) in [5.74, 6) is -0.629. The third-order valence-corrected chi connectivity index (χ3v) is 4.04. The number of carbonyl (C=O) groups excluding carboxylic acids is 1. The quantitative estimate of drug-likeness (QED) is 0.355. The van der Waals surface area contributed by atoms with Crippen LogP contribution in [0.25, 0.3) is 16.9 Å². The van der Waals surface area contributed by atoms with E-state index in [1.807, 2.05) is 30.3 Å². The monoisotopic (exact) mass is 642 g/mol. The minimum atomic E-state index is -0.629. The predicted molar refractivity (Wildman–Crippen MR) is 116 cm³/mol. The van der Waals surface area contributed by atoms with Crippen LogP contribution in [0.15, 0.2) is 47.4 Å². The Hall–Kier alpha value is -1.92. The number of primary amides is 1. The van der Waals surface area contributed by atoms with E-state index >= 15 is 0 Å². The summed E-state index contributed by atoms with van der Waals surface area (Å²) in [6.07, 6.45) is 8.38.